The van der Waals surface area contributed by atoms with Crippen LogP contribution in [0.1, 0.15) is 46.0 Å². The Morgan fingerprint density at radius 2 is 1.70 bits per heavy atom. The Morgan fingerprint density at radius 3 is 2.37 bits per heavy atom. The first-order valence-corrected chi connectivity index (χ1v) is 9.92. The second kappa shape index (κ2) is 9.96. The van der Waals surface area contributed by atoms with Gasteiger partial charge in [-0.25, -0.2) is 13.8 Å². The van der Waals surface area contributed by atoms with Crippen molar-refractivity contribution in [2.45, 2.75) is 26.3 Å². The Balaban J connectivity index is 1.47. The first-order valence-electron chi connectivity index (χ1n) is 9.92. The lowest BCUT2D eigenvalue weighted by atomic mass is 10.1. The molecule has 0 aliphatic carbocycles. The molecule has 2 N–H and O–H groups in total. The average Bonchev–Trinajstić information content (AvgIpc) is 2.98. The minimum atomic E-state index is -0.507. The van der Waals surface area contributed by atoms with Gasteiger partial charge in [-0.2, -0.15) is 0 Å². The molecular weight excluding hydrogens is 390 g/mol. The Morgan fingerprint density at radius 1 is 1.00 bits per heavy atom. The van der Waals surface area contributed by atoms with Crippen molar-refractivity contribution in [1.29, 1.82) is 0 Å². The minimum absolute atomic E-state index is 0.00790. The van der Waals surface area contributed by atoms with Crippen molar-refractivity contribution in [2.75, 3.05) is 19.6 Å². The highest BCUT2D eigenvalue weighted by Crippen LogP contribution is 2.22. The van der Waals surface area contributed by atoms with Crippen LogP contribution in [0.25, 0.3) is 0 Å². The molecule has 0 aromatic heterocycles. The third-order valence-electron chi connectivity index (χ3n) is 4.74. The summed E-state index contributed by atoms with van der Waals surface area (Å²) in [5, 5.41) is 6.17. The summed E-state index contributed by atoms with van der Waals surface area (Å²) in [6, 6.07) is 10.1. The number of fused-ring (bicyclic) bond motifs is 1. The molecule has 2 aromatic rings. The van der Waals surface area contributed by atoms with E-state index in [2.05, 4.69) is 15.6 Å². The predicted octanol–water partition coefficient (Wildman–Crippen LogP) is 3.10. The van der Waals surface area contributed by atoms with Crippen molar-refractivity contribution in [2.24, 2.45) is 4.99 Å². The lowest BCUT2D eigenvalue weighted by Gasteiger charge is -2.15. The Bertz CT molecular complexity index is 927. The van der Waals surface area contributed by atoms with Gasteiger partial charge in [0.05, 0.1) is 17.7 Å². The summed E-state index contributed by atoms with van der Waals surface area (Å²) >= 11 is 0. The van der Waals surface area contributed by atoms with Gasteiger partial charge in [-0.1, -0.05) is 12.1 Å². The molecule has 1 heterocycles. The Hall–Kier alpha value is -3.29. The summed E-state index contributed by atoms with van der Waals surface area (Å²) in [4.78, 5) is 30.2. The molecule has 0 bridgehead atoms. The Kier molecular flexibility index (Phi) is 7.11. The number of rotatable bonds is 8. The normalized spacial score (nSPS) is 13.6. The molecule has 0 radical (unpaired) electrons. The molecule has 6 nitrogen and oxygen atoms in total. The lowest BCUT2D eigenvalue weighted by molar-refractivity contribution is 0.0652. The largest absolute Gasteiger partial charge is 0.357 e. The van der Waals surface area contributed by atoms with E-state index in [9.17, 15) is 18.4 Å². The number of aliphatic imine (C=N–C) groups is 1. The molecule has 0 unspecified atom stereocenters. The quantitative estimate of drug-likeness (QED) is 0.301. The lowest BCUT2D eigenvalue weighted by Crippen LogP contribution is -2.38. The number of imide groups is 1. The number of guanidine groups is 1. The fourth-order valence-electron chi connectivity index (χ4n) is 3.21. The maximum atomic E-state index is 13.7. The van der Waals surface area contributed by atoms with E-state index in [-0.39, 0.29) is 23.9 Å². The second-order valence-corrected chi connectivity index (χ2v) is 6.87. The summed E-state index contributed by atoms with van der Waals surface area (Å²) in [6.45, 7) is 3.43. The van der Waals surface area contributed by atoms with Crippen molar-refractivity contribution in [3.63, 3.8) is 0 Å². The zero-order valence-electron chi connectivity index (χ0n) is 16.8. The predicted molar refractivity (Wildman–Crippen MR) is 110 cm³/mol. The molecular formula is C22H24F2N4O2. The maximum Gasteiger partial charge on any atom is 0.261 e. The highest BCUT2D eigenvalue weighted by Gasteiger charge is 2.34. The van der Waals surface area contributed by atoms with Gasteiger partial charge < -0.3 is 10.6 Å². The molecule has 2 amide bonds. The van der Waals surface area contributed by atoms with Crippen molar-refractivity contribution < 1.29 is 18.4 Å². The number of unbranched alkanes of at least 4 members (excludes halogenated alkanes) is 1. The zero-order chi connectivity index (χ0) is 21.5. The summed E-state index contributed by atoms with van der Waals surface area (Å²) in [6.07, 6.45) is 1.34. The van der Waals surface area contributed by atoms with Gasteiger partial charge in [-0.3, -0.25) is 14.5 Å². The maximum absolute atomic E-state index is 13.7. The van der Waals surface area contributed by atoms with Crippen LogP contribution in [-0.4, -0.2) is 42.3 Å². The first-order chi connectivity index (χ1) is 14.5. The number of carbonyl (C=O) groups excluding carboxylic acids is 2. The van der Waals surface area contributed by atoms with E-state index in [0.29, 0.717) is 49.6 Å². The van der Waals surface area contributed by atoms with Crippen LogP contribution in [0, 0.1) is 11.6 Å². The van der Waals surface area contributed by atoms with Gasteiger partial charge in [0.2, 0.25) is 0 Å². The molecule has 2 aromatic carbocycles. The summed E-state index contributed by atoms with van der Waals surface area (Å²) in [5.74, 6) is -1.03. The van der Waals surface area contributed by atoms with E-state index in [1.54, 1.807) is 24.3 Å². The molecule has 0 fully saturated rings. The van der Waals surface area contributed by atoms with E-state index in [1.807, 2.05) is 6.92 Å². The molecule has 30 heavy (non-hydrogen) atoms. The molecule has 8 heteroatoms. The third-order valence-corrected chi connectivity index (χ3v) is 4.74. The highest BCUT2D eigenvalue weighted by molar-refractivity contribution is 6.21. The second-order valence-electron chi connectivity index (χ2n) is 6.87. The summed E-state index contributed by atoms with van der Waals surface area (Å²) in [7, 11) is 0. The fraction of sp³-hybridized carbons (Fsp3) is 0.318. The fourth-order valence-corrected chi connectivity index (χ4v) is 3.21. The molecule has 3 rings (SSSR count). The van der Waals surface area contributed by atoms with Crippen LogP contribution in [0.3, 0.4) is 0 Å². The molecule has 158 valence electrons. The topological polar surface area (TPSA) is 73.8 Å². The van der Waals surface area contributed by atoms with Gasteiger partial charge >= 0.3 is 0 Å². The number of halogens is 2. The van der Waals surface area contributed by atoms with Crippen LogP contribution in [-0.2, 0) is 6.54 Å². The first kappa shape index (κ1) is 21.4. The van der Waals surface area contributed by atoms with Gasteiger partial charge in [-0.15, -0.1) is 0 Å². The number of benzene rings is 2. The smallest absolute Gasteiger partial charge is 0.261 e. The van der Waals surface area contributed by atoms with Gasteiger partial charge in [0, 0.05) is 25.2 Å². The highest BCUT2D eigenvalue weighted by atomic mass is 19.1. The van der Waals surface area contributed by atoms with E-state index in [1.165, 1.54) is 4.90 Å². The summed E-state index contributed by atoms with van der Waals surface area (Å²) in [5.41, 5.74) is 1.08. The van der Waals surface area contributed by atoms with Crippen LogP contribution in [0.4, 0.5) is 8.78 Å². The van der Waals surface area contributed by atoms with E-state index in [4.69, 9.17) is 0 Å². The summed E-state index contributed by atoms with van der Waals surface area (Å²) < 4.78 is 27.0. The monoisotopic (exact) mass is 414 g/mol. The van der Waals surface area contributed by atoms with Crippen LogP contribution in [0.2, 0.25) is 0 Å². The van der Waals surface area contributed by atoms with Gasteiger partial charge in [-0.05, 0) is 50.1 Å². The number of amides is 2. The third kappa shape index (κ3) is 5.00. The van der Waals surface area contributed by atoms with Gasteiger partial charge in [0.25, 0.3) is 11.8 Å². The van der Waals surface area contributed by atoms with E-state index < -0.39 is 11.6 Å². The average molecular weight is 414 g/mol. The van der Waals surface area contributed by atoms with E-state index in [0.717, 1.165) is 18.2 Å². The van der Waals surface area contributed by atoms with Crippen molar-refractivity contribution >= 4 is 17.8 Å². The van der Waals surface area contributed by atoms with Gasteiger partial charge in [0.15, 0.2) is 5.96 Å². The molecule has 0 saturated heterocycles. The SMILES string of the molecule is CCNC(=NCc1cc(F)ccc1F)NCCCCN1C(=O)c2ccccc2C1=O. The molecule has 0 saturated carbocycles. The van der Waals surface area contributed by atoms with Crippen molar-refractivity contribution in [3.8, 4) is 0 Å². The molecule has 1 aliphatic heterocycles. The number of hydrogen-bond acceptors (Lipinski definition) is 3. The van der Waals surface area contributed by atoms with Crippen molar-refractivity contribution in [1.82, 2.24) is 15.5 Å². The molecule has 0 atom stereocenters. The standard InChI is InChI=1S/C22H24F2N4O2/c1-2-25-22(27-14-15-13-16(23)9-10-19(15)24)26-11-5-6-12-28-20(29)17-7-3-4-8-18(17)21(28)30/h3-4,7-10,13H,2,5-6,11-12,14H2,1H3,(H2,25,26,27). The Labute approximate surface area is 174 Å². The number of carbonyl (C=O) groups is 2. The number of hydrogen-bond donors (Lipinski definition) is 2. The van der Waals surface area contributed by atoms with Crippen LogP contribution >= 0.6 is 0 Å². The van der Waals surface area contributed by atoms with Crippen LogP contribution in [0.5, 0.6) is 0 Å². The molecule has 1 aliphatic rings. The van der Waals surface area contributed by atoms with Crippen LogP contribution < -0.4 is 10.6 Å². The zero-order valence-corrected chi connectivity index (χ0v) is 16.8. The minimum Gasteiger partial charge on any atom is -0.357 e. The van der Waals surface area contributed by atoms with E-state index >= 15 is 0 Å². The molecule has 0 spiro atoms. The van der Waals surface area contributed by atoms with Gasteiger partial charge in [0.1, 0.15) is 11.6 Å². The number of nitrogens with zero attached hydrogens (tertiary/aromatic N) is 2. The number of nitrogens with one attached hydrogen (secondary N) is 2. The van der Waals surface area contributed by atoms with Crippen LogP contribution in [0.15, 0.2) is 47.5 Å². The van der Waals surface area contributed by atoms with Crippen molar-refractivity contribution in [3.05, 3.63) is 70.8 Å².